The first-order valence-corrected chi connectivity index (χ1v) is 23.1. The quantitative estimate of drug-likeness (QED) is 0.0192. The molecule has 0 fully saturated rings. The van der Waals surface area contributed by atoms with Gasteiger partial charge in [-0.2, -0.15) is 0 Å². The maximum atomic E-state index is 14.6. The molecule has 0 aromatic heterocycles. The summed E-state index contributed by atoms with van der Waals surface area (Å²) < 4.78 is 13.8. The SMILES string of the molecule is CCCCCCCCCCCCCOC(=O)c1c(C(=O)O)c(C(=O)O)c(C(=O)O)c(C(=O)OC(=O)c2c(C(=O)O)c(C(=O)O)c(C(=O)O)c(C(=O)O)c2C(=O)O)c1C(=O)OC(=O)c1c(C(=O)O)c(C(=O)O)c(C(=O)O)c(C(=O)O)c1C(=O)O. The van der Waals surface area contributed by atoms with Gasteiger partial charge in [0.05, 0.1) is 107 Å². The van der Waals surface area contributed by atoms with Gasteiger partial charge in [0, 0.05) is 0 Å². The molecular formula is C49H40O34. The maximum absolute atomic E-state index is 14.6. The second-order valence-corrected chi connectivity index (χ2v) is 16.7. The summed E-state index contributed by atoms with van der Waals surface area (Å²) in [6.45, 7) is 1.12. The van der Waals surface area contributed by atoms with Crippen LogP contribution in [0.2, 0.25) is 0 Å². The van der Waals surface area contributed by atoms with Crippen molar-refractivity contribution in [2.75, 3.05) is 6.61 Å². The Bertz CT molecular complexity index is 3340. The van der Waals surface area contributed by atoms with Gasteiger partial charge in [0.25, 0.3) is 0 Å². The second-order valence-electron chi connectivity index (χ2n) is 16.7. The Morgan fingerprint density at radius 2 is 0.361 bits per heavy atom. The molecule has 3 aromatic carbocycles. The highest BCUT2D eigenvalue weighted by atomic mass is 16.6. The van der Waals surface area contributed by atoms with Crippen molar-refractivity contribution >= 4 is 107 Å². The van der Waals surface area contributed by atoms with Gasteiger partial charge >= 0.3 is 107 Å². The number of esters is 5. The molecule has 0 radical (unpaired) electrons. The van der Waals surface area contributed by atoms with Crippen molar-refractivity contribution in [2.45, 2.75) is 77.6 Å². The van der Waals surface area contributed by atoms with Gasteiger partial charge in [-0.05, 0) is 6.42 Å². The molecule has 0 aliphatic rings. The number of hydrogen-bond acceptors (Lipinski definition) is 21. The molecule has 13 N–H and O–H groups in total. The fourth-order valence-corrected chi connectivity index (χ4v) is 8.43. The predicted molar refractivity (Wildman–Crippen MR) is 256 cm³/mol. The number of carbonyl (C=O) groups is 18. The van der Waals surface area contributed by atoms with Crippen LogP contribution in [0.5, 0.6) is 0 Å². The Morgan fingerprint density at radius 1 is 0.217 bits per heavy atom. The fraction of sp³-hybridized carbons (Fsp3) is 0.265. The third kappa shape index (κ3) is 13.9. The molecule has 440 valence electrons. The van der Waals surface area contributed by atoms with E-state index < -0.39 is 214 Å². The van der Waals surface area contributed by atoms with Gasteiger partial charge in [-0.25, -0.2) is 86.3 Å². The van der Waals surface area contributed by atoms with Crippen LogP contribution in [-0.2, 0) is 14.2 Å². The van der Waals surface area contributed by atoms with Crippen LogP contribution in [0.4, 0.5) is 0 Å². The van der Waals surface area contributed by atoms with Crippen molar-refractivity contribution in [1.29, 1.82) is 0 Å². The van der Waals surface area contributed by atoms with E-state index in [1.54, 1.807) is 0 Å². The Morgan fingerprint density at radius 3 is 0.554 bits per heavy atom. The van der Waals surface area contributed by atoms with Crippen LogP contribution in [0.3, 0.4) is 0 Å². The van der Waals surface area contributed by atoms with Gasteiger partial charge in [-0.3, -0.25) is 0 Å². The van der Waals surface area contributed by atoms with E-state index in [2.05, 4.69) is 9.47 Å². The lowest BCUT2D eigenvalue weighted by atomic mass is 9.85. The summed E-state index contributed by atoms with van der Waals surface area (Å²) in [4.78, 5) is 235. The van der Waals surface area contributed by atoms with E-state index >= 15 is 0 Å². The van der Waals surface area contributed by atoms with Crippen molar-refractivity contribution < 1.29 is 167 Å². The summed E-state index contributed by atoms with van der Waals surface area (Å²) in [6.07, 6.45) is 7.41. The van der Waals surface area contributed by atoms with Crippen molar-refractivity contribution in [3.05, 3.63) is 100 Å². The number of hydrogen-bond donors (Lipinski definition) is 13. The number of carboxylic acids is 13. The Kier molecular flexibility index (Phi) is 21.7. The zero-order chi connectivity index (χ0) is 63.4. The fourth-order valence-electron chi connectivity index (χ4n) is 8.43. The molecule has 0 atom stereocenters. The molecule has 0 bridgehead atoms. The van der Waals surface area contributed by atoms with Crippen LogP contribution in [0.25, 0.3) is 0 Å². The van der Waals surface area contributed by atoms with Crippen molar-refractivity contribution in [2.24, 2.45) is 0 Å². The maximum Gasteiger partial charge on any atom is 0.347 e. The molecular weight excluding hydrogens is 1130 g/mol. The molecule has 0 spiro atoms. The van der Waals surface area contributed by atoms with Gasteiger partial charge in [0.15, 0.2) is 0 Å². The summed E-state index contributed by atoms with van der Waals surface area (Å²) in [6, 6.07) is 0. The topological polar surface area (TPSA) is 598 Å². The number of rotatable bonds is 30. The highest BCUT2D eigenvalue weighted by molar-refractivity contribution is 6.29. The Labute approximate surface area is 457 Å². The number of carboxylic acid groups (broad SMARTS) is 13. The van der Waals surface area contributed by atoms with E-state index in [0.717, 1.165) is 44.9 Å². The van der Waals surface area contributed by atoms with Crippen LogP contribution < -0.4 is 0 Å². The van der Waals surface area contributed by atoms with Crippen molar-refractivity contribution in [3.63, 3.8) is 0 Å². The number of benzene rings is 3. The zero-order valence-electron chi connectivity index (χ0n) is 41.9. The molecule has 0 saturated carbocycles. The van der Waals surface area contributed by atoms with Crippen LogP contribution in [0, 0.1) is 0 Å². The van der Waals surface area contributed by atoms with Crippen LogP contribution in [-0.4, -0.2) is 180 Å². The summed E-state index contributed by atoms with van der Waals surface area (Å²) in [5.41, 5.74) is -42.3. The first-order valence-electron chi connectivity index (χ1n) is 23.1. The van der Waals surface area contributed by atoms with E-state index in [1.807, 2.05) is 6.92 Å². The normalized spacial score (nSPS) is 10.6. The summed E-state index contributed by atoms with van der Waals surface area (Å²) in [7, 11) is 0. The molecule has 3 aromatic rings. The minimum absolute atomic E-state index is 0.169. The summed E-state index contributed by atoms with van der Waals surface area (Å²) in [5, 5.41) is 131. The highest BCUT2D eigenvalue weighted by Crippen LogP contribution is 2.36. The molecule has 83 heavy (non-hydrogen) atoms. The standard InChI is InChI=1S/C49H40O34/c1-2-3-4-5-6-7-8-9-10-11-12-13-81-45(76)29-25(43(72)73)20(38(62)63)26(44(74)75)30(48(79)82-46(77)27-21(39(64)65)16(34(54)55)14(32(50)51)17(35(56)57)22(27)40(66)67)31(29)49(80)83-47(78)28-23(41(68)69)18(36(58)59)15(33(52)53)19(37(60)61)24(28)42(70)71/h2-13H2,1H3,(H,50,51)(H,52,53)(H,54,55)(H,56,57)(H,58,59)(H,60,61)(H,62,63)(H,64,65)(H,66,67)(H,68,69)(H,70,71)(H,72,73)(H,74,75). The minimum Gasteiger partial charge on any atom is -0.478 e. The summed E-state index contributed by atoms with van der Waals surface area (Å²) in [5.74, 6) is -51.3. The van der Waals surface area contributed by atoms with Crippen LogP contribution in [0.1, 0.15) is 264 Å². The Balaban J connectivity index is 2.66. The van der Waals surface area contributed by atoms with Crippen LogP contribution in [0.15, 0.2) is 0 Å². The average molecular weight is 1170 g/mol. The number of ether oxygens (including phenoxy) is 3. The first kappa shape index (κ1) is 65.8. The monoisotopic (exact) mass is 1170 g/mol. The molecule has 3 rings (SSSR count). The molecule has 0 aliphatic carbocycles. The van der Waals surface area contributed by atoms with E-state index in [9.17, 15) is 153 Å². The predicted octanol–water partition coefficient (Wildman–Crippen LogP) is 4.23. The molecule has 0 heterocycles. The molecule has 34 heteroatoms. The molecule has 0 amide bonds. The number of aromatic carboxylic acids is 13. The molecule has 0 aliphatic heterocycles. The largest absolute Gasteiger partial charge is 0.478 e. The first-order chi connectivity index (χ1) is 38.6. The summed E-state index contributed by atoms with van der Waals surface area (Å²) >= 11 is 0. The van der Waals surface area contributed by atoms with Gasteiger partial charge in [0.1, 0.15) is 0 Å². The number of unbranched alkanes of at least 4 members (excludes halogenated alkanes) is 10. The number of carbonyl (C=O) groups excluding carboxylic acids is 5. The van der Waals surface area contributed by atoms with E-state index in [0.29, 0.717) is 12.8 Å². The lowest BCUT2D eigenvalue weighted by Crippen LogP contribution is -2.33. The zero-order valence-corrected chi connectivity index (χ0v) is 41.9. The van der Waals surface area contributed by atoms with Crippen LogP contribution >= 0.6 is 0 Å². The minimum atomic E-state index is -3.13. The molecule has 34 nitrogen and oxygen atoms in total. The van der Waals surface area contributed by atoms with Gasteiger partial charge < -0.3 is 80.6 Å². The van der Waals surface area contributed by atoms with E-state index in [4.69, 9.17) is 4.74 Å². The second kappa shape index (κ2) is 27.4. The highest BCUT2D eigenvalue weighted by Gasteiger charge is 2.47. The van der Waals surface area contributed by atoms with E-state index in [-0.39, 0.29) is 12.8 Å². The van der Waals surface area contributed by atoms with Gasteiger partial charge in [-0.15, -0.1) is 0 Å². The lowest BCUT2D eigenvalue weighted by molar-refractivity contribution is 0.0342. The smallest absolute Gasteiger partial charge is 0.347 e. The van der Waals surface area contributed by atoms with Gasteiger partial charge in [0.2, 0.25) is 0 Å². The third-order valence-corrected chi connectivity index (χ3v) is 11.7. The Hall–Kier alpha value is -11.5. The molecule has 0 saturated heterocycles. The van der Waals surface area contributed by atoms with E-state index in [1.165, 1.54) is 0 Å². The van der Waals surface area contributed by atoms with Crippen molar-refractivity contribution in [1.82, 2.24) is 0 Å². The van der Waals surface area contributed by atoms with Gasteiger partial charge in [-0.1, -0.05) is 71.1 Å². The molecule has 0 unspecified atom stereocenters. The lowest BCUT2D eigenvalue weighted by Gasteiger charge is -2.21. The van der Waals surface area contributed by atoms with Crippen molar-refractivity contribution in [3.8, 4) is 0 Å². The third-order valence-electron chi connectivity index (χ3n) is 11.7. The average Bonchev–Trinajstić information content (AvgIpc) is 1.34.